The molecule has 0 aliphatic carbocycles. The first-order chi connectivity index (χ1) is 7.76. The lowest BCUT2D eigenvalue weighted by molar-refractivity contribution is -0.118. The summed E-state index contributed by atoms with van der Waals surface area (Å²) in [6.45, 7) is 7.11. The summed E-state index contributed by atoms with van der Waals surface area (Å²) in [4.78, 5) is 29.3. The Bertz CT molecular complexity index is 311. The maximum atomic E-state index is 11.4. The molecule has 0 aromatic carbocycles. The first kappa shape index (κ1) is 16.4. The van der Waals surface area contributed by atoms with Gasteiger partial charge in [0.1, 0.15) is 0 Å². The van der Waals surface area contributed by atoms with Gasteiger partial charge in [-0.15, -0.1) is 0 Å². The van der Waals surface area contributed by atoms with Crippen LogP contribution in [0.25, 0.3) is 0 Å². The predicted octanol–water partition coefficient (Wildman–Crippen LogP) is 1.81. The minimum atomic E-state index is -4.10. The van der Waals surface area contributed by atoms with E-state index in [4.69, 9.17) is 9.79 Å². The SMILES string of the molecule is C=C(C)C(=O)NC(CCCCC)CP(=O)(O)O. The second-order valence-corrected chi connectivity index (χ2v) is 5.99. The molecular formula is C11H22NO4P. The zero-order valence-electron chi connectivity index (χ0n) is 10.5. The van der Waals surface area contributed by atoms with E-state index in [1.165, 1.54) is 0 Å². The molecule has 17 heavy (non-hydrogen) atoms. The van der Waals surface area contributed by atoms with Gasteiger partial charge in [0.25, 0.3) is 0 Å². The van der Waals surface area contributed by atoms with E-state index in [9.17, 15) is 9.36 Å². The van der Waals surface area contributed by atoms with Crippen LogP contribution >= 0.6 is 7.60 Å². The monoisotopic (exact) mass is 263 g/mol. The molecule has 0 saturated carbocycles. The smallest absolute Gasteiger partial charge is 0.327 e. The van der Waals surface area contributed by atoms with Gasteiger partial charge < -0.3 is 15.1 Å². The van der Waals surface area contributed by atoms with E-state index in [-0.39, 0.29) is 12.1 Å². The molecule has 0 aromatic rings. The molecule has 1 amide bonds. The van der Waals surface area contributed by atoms with Crippen LogP contribution in [0.15, 0.2) is 12.2 Å². The largest absolute Gasteiger partial charge is 0.349 e. The highest BCUT2D eigenvalue weighted by molar-refractivity contribution is 7.51. The van der Waals surface area contributed by atoms with Crippen LogP contribution < -0.4 is 5.32 Å². The molecule has 0 heterocycles. The lowest BCUT2D eigenvalue weighted by Crippen LogP contribution is -2.37. The van der Waals surface area contributed by atoms with Gasteiger partial charge in [0.2, 0.25) is 5.91 Å². The molecule has 0 radical (unpaired) electrons. The molecular weight excluding hydrogens is 241 g/mol. The van der Waals surface area contributed by atoms with Crippen molar-refractivity contribution in [3.63, 3.8) is 0 Å². The predicted molar refractivity (Wildman–Crippen MR) is 67.8 cm³/mol. The van der Waals surface area contributed by atoms with Gasteiger partial charge in [-0.05, 0) is 13.3 Å². The maximum absolute atomic E-state index is 11.4. The van der Waals surface area contributed by atoms with Crippen molar-refractivity contribution in [3.05, 3.63) is 12.2 Å². The van der Waals surface area contributed by atoms with Crippen LogP contribution in [0, 0.1) is 0 Å². The zero-order chi connectivity index (χ0) is 13.5. The highest BCUT2D eigenvalue weighted by Crippen LogP contribution is 2.35. The maximum Gasteiger partial charge on any atom is 0.327 e. The summed E-state index contributed by atoms with van der Waals surface area (Å²) < 4.78 is 10.9. The van der Waals surface area contributed by atoms with Gasteiger partial charge in [-0.3, -0.25) is 9.36 Å². The molecule has 3 N–H and O–H groups in total. The number of hydrogen-bond acceptors (Lipinski definition) is 2. The van der Waals surface area contributed by atoms with Crippen molar-refractivity contribution in [1.82, 2.24) is 5.32 Å². The second-order valence-electron chi connectivity index (χ2n) is 4.29. The quantitative estimate of drug-likeness (QED) is 0.354. The molecule has 0 aromatic heterocycles. The summed E-state index contributed by atoms with van der Waals surface area (Å²) in [5, 5.41) is 2.60. The Kier molecular flexibility index (Phi) is 7.35. The topological polar surface area (TPSA) is 86.6 Å². The lowest BCUT2D eigenvalue weighted by atomic mass is 10.1. The third-order valence-electron chi connectivity index (χ3n) is 2.34. The molecule has 0 fully saturated rings. The average molecular weight is 263 g/mol. The van der Waals surface area contributed by atoms with Crippen molar-refractivity contribution in [1.29, 1.82) is 0 Å². The number of unbranched alkanes of at least 4 members (excludes halogenated alkanes) is 2. The van der Waals surface area contributed by atoms with Gasteiger partial charge in [-0.2, -0.15) is 0 Å². The van der Waals surface area contributed by atoms with E-state index in [1.807, 2.05) is 6.92 Å². The molecule has 1 atom stereocenters. The van der Waals surface area contributed by atoms with Crippen LogP contribution in [0.4, 0.5) is 0 Å². The summed E-state index contributed by atoms with van der Waals surface area (Å²) in [5.74, 6) is -0.347. The van der Waals surface area contributed by atoms with Gasteiger partial charge >= 0.3 is 7.60 Å². The normalized spacial score (nSPS) is 13.2. The summed E-state index contributed by atoms with van der Waals surface area (Å²) >= 11 is 0. The molecule has 100 valence electrons. The Balaban J connectivity index is 4.34. The lowest BCUT2D eigenvalue weighted by Gasteiger charge is -2.19. The van der Waals surface area contributed by atoms with Crippen LogP contribution in [0.3, 0.4) is 0 Å². The minimum Gasteiger partial charge on any atom is -0.349 e. The summed E-state index contributed by atoms with van der Waals surface area (Å²) in [7, 11) is -4.10. The molecule has 5 nitrogen and oxygen atoms in total. The summed E-state index contributed by atoms with van der Waals surface area (Å²) in [6.07, 6.45) is 3.13. The number of nitrogens with one attached hydrogen (secondary N) is 1. The van der Waals surface area contributed by atoms with E-state index in [0.29, 0.717) is 12.0 Å². The van der Waals surface area contributed by atoms with Gasteiger partial charge in [-0.1, -0.05) is 32.8 Å². The van der Waals surface area contributed by atoms with Gasteiger partial charge in [0.05, 0.1) is 6.16 Å². The van der Waals surface area contributed by atoms with Crippen molar-refractivity contribution < 1.29 is 19.1 Å². The Hall–Kier alpha value is -0.640. The van der Waals surface area contributed by atoms with Crippen molar-refractivity contribution in [2.75, 3.05) is 6.16 Å². The third kappa shape index (κ3) is 9.10. The Morgan fingerprint density at radius 3 is 2.41 bits per heavy atom. The number of rotatable bonds is 8. The van der Waals surface area contributed by atoms with Crippen molar-refractivity contribution in [2.24, 2.45) is 0 Å². The summed E-state index contributed by atoms with van der Waals surface area (Å²) in [5.41, 5.74) is 0.344. The van der Waals surface area contributed by atoms with Crippen molar-refractivity contribution in [3.8, 4) is 0 Å². The highest BCUT2D eigenvalue weighted by Gasteiger charge is 2.22. The second kappa shape index (κ2) is 7.64. The molecule has 0 bridgehead atoms. The van der Waals surface area contributed by atoms with Gasteiger partial charge in [0, 0.05) is 11.6 Å². The number of carbonyl (C=O) groups excluding carboxylic acids is 1. The molecule has 0 aliphatic heterocycles. The molecule has 1 unspecified atom stereocenters. The van der Waals surface area contributed by atoms with Crippen LogP contribution in [-0.4, -0.2) is 27.9 Å². The summed E-state index contributed by atoms with van der Waals surface area (Å²) in [6, 6.07) is -0.480. The third-order valence-corrected chi connectivity index (χ3v) is 3.25. The average Bonchev–Trinajstić information content (AvgIpc) is 2.15. The number of hydrogen-bond donors (Lipinski definition) is 3. The van der Waals surface area contributed by atoms with Crippen LogP contribution in [0.1, 0.15) is 39.5 Å². The highest BCUT2D eigenvalue weighted by atomic mass is 31.2. The van der Waals surface area contributed by atoms with E-state index in [2.05, 4.69) is 11.9 Å². The van der Waals surface area contributed by atoms with Crippen LogP contribution in [0.5, 0.6) is 0 Å². The van der Waals surface area contributed by atoms with E-state index in [0.717, 1.165) is 19.3 Å². The Morgan fingerprint density at radius 2 is 2.00 bits per heavy atom. The standard InChI is InChI=1S/C11H22NO4P/c1-4-5-6-7-10(8-17(14,15)16)12-11(13)9(2)3/h10H,2,4-8H2,1,3H3,(H,12,13)(H2,14,15,16). The first-order valence-electron chi connectivity index (χ1n) is 5.77. The molecule has 0 rings (SSSR count). The Morgan fingerprint density at radius 1 is 1.41 bits per heavy atom. The minimum absolute atomic E-state index is 0.310. The first-order valence-corrected chi connectivity index (χ1v) is 7.57. The molecule has 0 saturated heterocycles. The van der Waals surface area contributed by atoms with Crippen LogP contribution in [0.2, 0.25) is 0 Å². The fourth-order valence-corrected chi connectivity index (χ4v) is 2.29. The van der Waals surface area contributed by atoms with Gasteiger partial charge in [0.15, 0.2) is 0 Å². The van der Waals surface area contributed by atoms with Crippen molar-refractivity contribution >= 4 is 13.5 Å². The fraction of sp³-hybridized carbons (Fsp3) is 0.727. The number of carbonyl (C=O) groups is 1. The number of amides is 1. The van der Waals surface area contributed by atoms with E-state index < -0.39 is 13.6 Å². The zero-order valence-corrected chi connectivity index (χ0v) is 11.4. The van der Waals surface area contributed by atoms with E-state index >= 15 is 0 Å². The fourth-order valence-electron chi connectivity index (χ4n) is 1.45. The Labute approximate surface area is 102 Å². The molecule has 6 heteroatoms. The molecule has 0 spiro atoms. The van der Waals surface area contributed by atoms with Crippen molar-refractivity contribution in [2.45, 2.75) is 45.6 Å². The van der Waals surface area contributed by atoms with Gasteiger partial charge in [-0.25, -0.2) is 0 Å². The molecule has 0 aliphatic rings. The van der Waals surface area contributed by atoms with Crippen LogP contribution in [-0.2, 0) is 9.36 Å². The van der Waals surface area contributed by atoms with E-state index in [1.54, 1.807) is 6.92 Å².